The minimum Gasteiger partial charge on any atom is -0.299 e. The first kappa shape index (κ1) is 25.6. The van der Waals surface area contributed by atoms with Crippen molar-refractivity contribution in [1.82, 2.24) is 0 Å². The smallest absolute Gasteiger partial charge is 0.139 e. The van der Waals surface area contributed by atoms with Crippen LogP contribution in [0.25, 0.3) is 0 Å². The number of carbonyl (C=O) groups excluding carboxylic acids is 2. The Labute approximate surface area is 187 Å². The van der Waals surface area contributed by atoms with E-state index in [1.165, 1.54) is 89.9 Å². The SMILES string of the molecule is CC1(C)[C@@H]2CC[C@@]1(C)C(=O)CCCCCCCCCCCCCCCCCCC2=O. The zero-order valence-corrected chi connectivity index (χ0v) is 20.5. The highest BCUT2D eigenvalue weighted by Crippen LogP contribution is 2.57. The monoisotopic (exact) mass is 418 g/mol. The molecule has 0 N–H and O–H groups in total. The molecule has 2 fully saturated rings. The molecule has 0 saturated heterocycles. The second-order valence-electron chi connectivity index (χ2n) is 11.2. The van der Waals surface area contributed by atoms with Gasteiger partial charge in [-0.15, -0.1) is 0 Å². The average molecular weight is 419 g/mol. The Hall–Kier alpha value is -0.660. The summed E-state index contributed by atoms with van der Waals surface area (Å²) in [6, 6.07) is 0. The van der Waals surface area contributed by atoms with Crippen LogP contribution in [0.5, 0.6) is 0 Å². The van der Waals surface area contributed by atoms with Crippen LogP contribution in [0, 0.1) is 16.7 Å². The van der Waals surface area contributed by atoms with E-state index in [1.54, 1.807) is 0 Å². The third-order valence-corrected chi connectivity index (χ3v) is 8.81. The van der Waals surface area contributed by atoms with Gasteiger partial charge in [0.15, 0.2) is 0 Å². The Morgan fingerprint density at radius 3 is 1.37 bits per heavy atom. The molecule has 0 radical (unpaired) electrons. The van der Waals surface area contributed by atoms with Crippen LogP contribution < -0.4 is 0 Å². The molecule has 0 aromatic carbocycles. The van der Waals surface area contributed by atoms with Crippen molar-refractivity contribution in [3.8, 4) is 0 Å². The predicted octanol–water partition coefficient (Wildman–Crippen LogP) is 8.60. The fourth-order valence-electron chi connectivity index (χ4n) is 6.07. The minimum absolute atomic E-state index is 0.0769. The summed E-state index contributed by atoms with van der Waals surface area (Å²) in [7, 11) is 0. The molecule has 2 saturated carbocycles. The lowest BCUT2D eigenvalue weighted by atomic mass is 9.62. The molecule has 30 heavy (non-hydrogen) atoms. The maximum atomic E-state index is 13.2. The van der Waals surface area contributed by atoms with Gasteiger partial charge >= 0.3 is 0 Å². The molecule has 0 heterocycles. The lowest BCUT2D eigenvalue weighted by molar-refractivity contribution is -0.136. The number of ketones is 2. The molecule has 2 bridgehead atoms. The van der Waals surface area contributed by atoms with E-state index in [1.807, 2.05) is 0 Å². The van der Waals surface area contributed by atoms with Crippen molar-refractivity contribution in [2.24, 2.45) is 16.7 Å². The molecule has 2 nitrogen and oxygen atoms in total. The highest BCUT2D eigenvalue weighted by atomic mass is 16.1. The van der Waals surface area contributed by atoms with Gasteiger partial charge in [0.25, 0.3) is 0 Å². The summed E-state index contributed by atoms with van der Waals surface area (Å²) in [5.41, 5.74) is -0.515. The highest BCUT2D eigenvalue weighted by Gasteiger charge is 2.56. The molecule has 0 aromatic rings. The molecular formula is C28H50O2. The molecule has 0 amide bonds. The number of hydrogen-bond acceptors (Lipinski definition) is 2. The summed E-state index contributed by atoms with van der Waals surface area (Å²) in [5.74, 6) is 0.921. The molecule has 0 aliphatic heterocycles. The van der Waals surface area contributed by atoms with Crippen molar-refractivity contribution in [1.29, 1.82) is 0 Å². The van der Waals surface area contributed by atoms with Gasteiger partial charge in [-0.2, -0.15) is 0 Å². The quantitative estimate of drug-likeness (QED) is 0.394. The van der Waals surface area contributed by atoms with Crippen LogP contribution in [-0.4, -0.2) is 11.6 Å². The van der Waals surface area contributed by atoms with Crippen molar-refractivity contribution in [3.05, 3.63) is 0 Å². The third-order valence-electron chi connectivity index (χ3n) is 8.81. The lowest BCUT2D eigenvalue weighted by Gasteiger charge is -2.40. The van der Waals surface area contributed by atoms with Crippen LogP contribution in [0.3, 0.4) is 0 Å². The summed E-state index contributed by atoms with van der Waals surface area (Å²) in [5, 5.41) is 0. The van der Waals surface area contributed by atoms with Crippen molar-refractivity contribution in [3.63, 3.8) is 0 Å². The Balaban J connectivity index is 1.89. The van der Waals surface area contributed by atoms with Gasteiger partial charge < -0.3 is 0 Å². The fraction of sp³-hybridized carbons (Fsp3) is 0.929. The van der Waals surface area contributed by atoms with E-state index in [9.17, 15) is 9.59 Å². The van der Waals surface area contributed by atoms with Crippen molar-refractivity contribution < 1.29 is 9.59 Å². The summed E-state index contributed by atoms with van der Waals surface area (Å²) in [6.45, 7) is 6.55. The van der Waals surface area contributed by atoms with Crippen LogP contribution in [0.15, 0.2) is 0 Å². The number of Topliss-reactive ketones (excluding diaryl/α,β-unsaturated/α-hetero) is 2. The first-order valence-corrected chi connectivity index (χ1v) is 13.5. The van der Waals surface area contributed by atoms with E-state index in [-0.39, 0.29) is 16.7 Å². The van der Waals surface area contributed by atoms with Gasteiger partial charge in [0.2, 0.25) is 0 Å². The fourth-order valence-corrected chi connectivity index (χ4v) is 6.07. The predicted molar refractivity (Wildman–Crippen MR) is 128 cm³/mol. The maximum absolute atomic E-state index is 13.2. The van der Waals surface area contributed by atoms with Crippen molar-refractivity contribution in [2.75, 3.05) is 0 Å². The van der Waals surface area contributed by atoms with Gasteiger partial charge in [0.05, 0.1) is 0 Å². The normalized spacial score (nSPS) is 32.0. The standard InChI is InChI=1S/C28H50O2/c1-27(2)24-22-23-28(27,3)26(30)21-19-17-15-13-11-9-7-5-4-6-8-10-12-14-16-18-20-25(24)29/h24H,4-23H2,1-3H3/t24-,28+/m1/s1. The van der Waals surface area contributed by atoms with Gasteiger partial charge in [-0.25, -0.2) is 0 Å². The van der Waals surface area contributed by atoms with Crippen LogP contribution in [0.4, 0.5) is 0 Å². The van der Waals surface area contributed by atoms with Gasteiger partial charge in [-0.05, 0) is 31.1 Å². The molecule has 174 valence electrons. The molecule has 2 aliphatic carbocycles. The van der Waals surface area contributed by atoms with Gasteiger partial charge in [-0.3, -0.25) is 9.59 Å². The van der Waals surface area contributed by atoms with Crippen molar-refractivity contribution >= 4 is 11.6 Å². The Morgan fingerprint density at radius 2 is 0.933 bits per heavy atom. The zero-order chi connectivity index (χ0) is 21.9. The molecule has 2 heteroatoms. The van der Waals surface area contributed by atoms with E-state index in [4.69, 9.17) is 0 Å². The van der Waals surface area contributed by atoms with E-state index in [2.05, 4.69) is 20.8 Å². The highest BCUT2D eigenvalue weighted by molar-refractivity contribution is 5.89. The molecule has 2 atom stereocenters. The summed E-state index contributed by atoms with van der Waals surface area (Å²) >= 11 is 0. The first-order chi connectivity index (χ1) is 14.4. The second-order valence-corrected chi connectivity index (χ2v) is 11.2. The molecule has 2 rings (SSSR count). The van der Waals surface area contributed by atoms with Crippen molar-refractivity contribution in [2.45, 2.75) is 149 Å². The summed E-state index contributed by atoms with van der Waals surface area (Å²) in [6.07, 6.45) is 24.0. The molecule has 0 unspecified atom stereocenters. The number of rotatable bonds is 0. The Morgan fingerprint density at radius 1 is 0.567 bits per heavy atom. The van der Waals surface area contributed by atoms with E-state index in [0.29, 0.717) is 18.0 Å². The topological polar surface area (TPSA) is 34.1 Å². The van der Waals surface area contributed by atoms with E-state index in [0.717, 1.165) is 32.1 Å². The lowest BCUT2D eigenvalue weighted by Crippen LogP contribution is -2.42. The van der Waals surface area contributed by atoms with Crippen LogP contribution in [0.2, 0.25) is 0 Å². The minimum atomic E-state index is -0.317. The van der Waals surface area contributed by atoms with Crippen LogP contribution in [0.1, 0.15) is 149 Å². The number of fused-ring (bicyclic) bond motifs is 2. The number of hydrogen-bond donors (Lipinski definition) is 0. The van der Waals surface area contributed by atoms with E-state index >= 15 is 0 Å². The van der Waals surface area contributed by atoms with Gasteiger partial charge in [0.1, 0.15) is 11.6 Å². The van der Waals surface area contributed by atoms with Gasteiger partial charge in [-0.1, -0.05) is 111 Å². The summed E-state index contributed by atoms with van der Waals surface area (Å²) in [4.78, 5) is 26.2. The zero-order valence-electron chi connectivity index (χ0n) is 20.5. The Kier molecular flexibility index (Phi) is 11.1. The average Bonchev–Trinajstić information content (AvgIpc) is 2.96. The summed E-state index contributed by atoms with van der Waals surface area (Å²) < 4.78 is 0. The Bertz CT molecular complexity index is 521. The second kappa shape index (κ2) is 13.0. The largest absolute Gasteiger partial charge is 0.299 e. The van der Waals surface area contributed by atoms with E-state index < -0.39 is 0 Å². The molecular weight excluding hydrogens is 368 g/mol. The maximum Gasteiger partial charge on any atom is 0.139 e. The number of carbonyl (C=O) groups is 2. The van der Waals surface area contributed by atoms with Crippen LogP contribution in [-0.2, 0) is 9.59 Å². The van der Waals surface area contributed by atoms with Crippen LogP contribution >= 0.6 is 0 Å². The van der Waals surface area contributed by atoms with Gasteiger partial charge in [0, 0.05) is 24.2 Å². The molecule has 2 aliphatic rings. The first-order valence-electron chi connectivity index (χ1n) is 13.5. The molecule has 0 aromatic heterocycles. The molecule has 0 spiro atoms. The third kappa shape index (κ3) is 7.20.